The van der Waals surface area contributed by atoms with Crippen molar-refractivity contribution in [2.45, 2.75) is 75.7 Å². The number of imidazole rings is 1. The number of anilines is 2. The van der Waals surface area contributed by atoms with E-state index in [-0.39, 0.29) is 60.2 Å². The highest BCUT2D eigenvalue weighted by molar-refractivity contribution is 6.08. The van der Waals surface area contributed by atoms with Gasteiger partial charge < -0.3 is 15.1 Å². The summed E-state index contributed by atoms with van der Waals surface area (Å²) in [5.74, 6) is -1.19. The van der Waals surface area contributed by atoms with Gasteiger partial charge in [0, 0.05) is 51.2 Å². The van der Waals surface area contributed by atoms with Gasteiger partial charge in [-0.2, -0.15) is 10.2 Å². The van der Waals surface area contributed by atoms with Crippen LogP contribution in [-0.2, 0) is 16.6 Å². The SMILES string of the molecule is CN(CC1CCC(n2cc(NC(=O)c3cnn4cccnc34)c(C(F)F)n2)CC1)[C@H]1CCN(c2cccc3c2n(C)c(=O)n3C2CCC(=O)NC2=O)C[C@@H]1F. The number of rotatable bonds is 9. The fourth-order valence-electron chi connectivity index (χ4n) is 8.67. The lowest BCUT2D eigenvalue weighted by Crippen LogP contribution is -2.52. The predicted molar refractivity (Wildman–Crippen MR) is 196 cm³/mol. The van der Waals surface area contributed by atoms with Crippen molar-refractivity contribution >= 4 is 45.8 Å². The van der Waals surface area contributed by atoms with Gasteiger partial charge in [-0.3, -0.25) is 33.5 Å². The van der Waals surface area contributed by atoms with Gasteiger partial charge in [-0.05, 0) is 69.7 Å². The maximum Gasteiger partial charge on any atom is 0.329 e. The van der Waals surface area contributed by atoms with Crippen LogP contribution in [0.15, 0.2) is 53.8 Å². The number of carbonyl (C=O) groups excluding carboxylic acids is 3. The van der Waals surface area contributed by atoms with Crippen LogP contribution >= 0.6 is 0 Å². The monoisotopic (exact) mass is 761 g/mol. The molecule has 0 spiro atoms. The van der Waals surface area contributed by atoms with Crippen molar-refractivity contribution in [3.8, 4) is 0 Å². The fraction of sp³-hybridized carbons (Fsp3) is 0.486. The normalized spacial score (nSPS) is 23.6. The van der Waals surface area contributed by atoms with E-state index in [1.54, 1.807) is 31.4 Å². The first-order valence-corrected chi connectivity index (χ1v) is 18.6. The number of benzene rings is 1. The topological polar surface area (TPSA) is 157 Å². The minimum atomic E-state index is -2.89. The van der Waals surface area contributed by atoms with Crippen molar-refractivity contribution in [2.75, 3.05) is 36.9 Å². The zero-order chi connectivity index (χ0) is 38.5. The van der Waals surface area contributed by atoms with Crippen LogP contribution in [0.1, 0.15) is 79.5 Å². The van der Waals surface area contributed by atoms with E-state index >= 15 is 4.39 Å². The van der Waals surface area contributed by atoms with Gasteiger partial charge in [0.25, 0.3) is 12.3 Å². The molecule has 8 rings (SSSR count). The Kier molecular flexibility index (Phi) is 9.69. The van der Waals surface area contributed by atoms with Gasteiger partial charge in [0.2, 0.25) is 11.8 Å². The summed E-state index contributed by atoms with van der Waals surface area (Å²) in [5.41, 5.74) is 1.44. The van der Waals surface area contributed by atoms with Crippen molar-refractivity contribution in [3.05, 3.63) is 70.8 Å². The molecule has 290 valence electrons. The molecule has 2 aliphatic heterocycles. The number of nitrogens with one attached hydrogen (secondary N) is 2. The highest BCUT2D eigenvalue weighted by Gasteiger charge is 2.36. The average Bonchev–Trinajstić information content (AvgIpc) is 3.86. The Morgan fingerprint density at radius 1 is 1.09 bits per heavy atom. The molecular formula is C37H42F3N11O4. The molecule has 1 aliphatic carbocycles. The summed E-state index contributed by atoms with van der Waals surface area (Å²) in [6.07, 6.45) is 5.87. The Bertz CT molecular complexity index is 2330. The van der Waals surface area contributed by atoms with Crippen LogP contribution < -0.4 is 21.2 Å². The Hall–Kier alpha value is -5.52. The zero-order valence-corrected chi connectivity index (χ0v) is 30.4. The number of nitrogens with zero attached hydrogens (tertiary/aromatic N) is 9. The smallest absolute Gasteiger partial charge is 0.329 e. The van der Waals surface area contributed by atoms with Gasteiger partial charge >= 0.3 is 5.69 Å². The average molecular weight is 762 g/mol. The highest BCUT2D eigenvalue weighted by atomic mass is 19.3. The Balaban J connectivity index is 0.885. The lowest BCUT2D eigenvalue weighted by molar-refractivity contribution is -0.135. The molecule has 3 amide bonds. The molecule has 0 bridgehead atoms. The van der Waals surface area contributed by atoms with Crippen LogP contribution in [0.2, 0.25) is 0 Å². The molecule has 4 aromatic heterocycles. The van der Waals surface area contributed by atoms with Crippen LogP contribution in [0.4, 0.5) is 24.5 Å². The zero-order valence-electron chi connectivity index (χ0n) is 30.4. The molecule has 5 aromatic rings. The number of aryl methyl sites for hydroxylation is 1. The molecule has 15 nitrogen and oxygen atoms in total. The Labute approximate surface area is 313 Å². The molecule has 2 N–H and O–H groups in total. The second-order valence-corrected chi connectivity index (χ2v) is 14.9. The van der Waals surface area contributed by atoms with Gasteiger partial charge in [0.1, 0.15) is 17.8 Å². The van der Waals surface area contributed by atoms with E-state index in [0.29, 0.717) is 54.7 Å². The van der Waals surface area contributed by atoms with Crippen LogP contribution in [0.25, 0.3) is 16.7 Å². The minimum absolute atomic E-state index is 0.0530. The number of amides is 3. The molecule has 0 radical (unpaired) electrons. The summed E-state index contributed by atoms with van der Waals surface area (Å²) >= 11 is 0. The number of imide groups is 1. The van der Waals surface area contributed by atoms with Gasteiger partial charge in [-0.1, -0.05) is 6.07 Å². The number of carbonyl (C=O) groups is 3. The van der Waals surface area contributed by atoms with E-state index in [0.717, 1.165) is 12.8 Å². The van der Waals surface area contributed by atoms with Crippen LogP contribution in [0.3, 0.4) is 0 Å². The highest BCUT2D eigenvalue weighted by Crippen LogP contribution is 2.37. The van der Waals surface area contributed by atoms with E-state index in [2.05, 4.69) is 30.7 Å². The molecule has 18 heteroatoms. The number of para-hydroxylation sites is 1. The van der Waals surface area contributed by atoms with Crippen LogP contribution in [0, 0.1) is 5.92 Å². The van der Waals surface area contributed by atoms with E-state index in [1.165, 1.54) is 36.9 Å². The molecule has 3 aliphatic rings. The van der Waals surface area contributed by atoms with Gasteiger partial charge in [-0.15, -0.1) is 0 Å². The summed E-state index contributed by atoms with van der Waals surface area (Å²) < 4.78 is 50.0. The molecule has 1 unspecified atom stereocenters. The Morgan fingerprint density at radius 3 is 2.64 bits per heavy atom. The maximum absolute atomic E-state index is 16.0. The van der Waals surface area contributed by atoms with E-state index in [9.17, 15) is 28.0 Å². The second kappa shape index (κ2) is 14.6. The lowest BCUT2D eigenvalue weighted by atomic mass is 9.85. The third-order valence-corrected chi connectivity index (χ3v) is 11.5. The quantitative estimate of drug-likeness (QED) is 0.212. The van der Waals surface area contributed by atoms with Gasteiger partial charge in [0.05, 0.1) is 41.2 Å². The number of hydrogen-bond donors (Lipinski definition) is 2. The lowest BCUT2D eigenvalue weighted by Gasteiger charge is -2.42. The molecular weight excluding hydrogens is 719 g/mol. The van der Waals surface area contributed by atoms with Crippen molar-refractivity contribution in [1.29, 1.82) is 0 Å². The van der Waals surface area contributed by atoms with Crippen molar-refractivity contribution in [2.24, 2.45) is 13.0 Å². The minimum Gasteiger partial charge on any atom is -0.367 e. The molecule has 2 saturated heterocycles. The van der Waals surface area contributed by atoms with Gasteiger partial charge in [-0.25, -0.2) is 27.5 Å². The molecule has 1 aromatic carbocycles. The predicted octanol–water partition coefficient (Wildman–Crippen LogP) is 4.03. The number of piperidine rings is 2. The summed E-state index contributed by atoms with van der Waals surface area (Å²) in [5, 5.41) is 13.2. The first kappa shape index (κ1) is 36.5. The first-order chi connectivity index (χ1) is 26.5. The fourth-order valence-corrected chi connectivity index (χ4v) is 8.67. The molecule has 55 heavy (non-hydrogen) atoms. The van der Waals surface area contributed by atoms with Gasteiger partial charge in [0.15, 0.2) is 11.3 Å². The maximum atomic E-state index is 16.0. The number of fused-ring (bicyclic) bond motifs is 2. The van der Waals surface area contributed by atoms with Crippen LogP contribution in [0.5, 0.6) is 0 Å². The number of halogens is 3. The number of hydrogen-bond acceptors (Lipinski definition) is 9. The molecule has 3 fully saturated rings. The second-order valence-electron chi connectivity index (χ2n) is 14.9. The standard InChI is InChI=1S/C37H42F3N11O4/c1-46(26-13-16-48(19-24(26)38)27-5-3-6-28-32(27)47(2)37(55)51(28)29-11-12-30(52)44-36(29)54)18-21-7-9-22(10-8-21)50-20-25(31(45-50)33(39)40)43-35(53)23-17-42-49-15-4-14-41-34(23)49/h3-6,14-15,17,20-22,24,26,29,33H,7-13,16,18-19H2,1-2H3,(H,43,53)(H,44,52,54)/t21?,22?,24-,26-,29?/m0/s1. The number of alkyl halides is 3. The summed E-state index contributed by atoms with van der Waals surface area (Å²) in [7, 11) is 3.59. The van der Waals surface area contributed by atoms with Crippen molar-refractivity contribution < 1.29 is 27.6 Å². The van der Waals surface area contributed by atoms with Crippen LogP contribution in [-0.4, -0.2) is 95.0 Å². The van der Waals surface area contributed by atoms with E-state index in [4.69, 9.17) is 0 Å². The third-order valence-electron chi connectivity index (χ3n) is 11.5. The summed E-state index contributed by atoms with van der Waals surface area (Å²) in [4.78, 5) is 59.1. The van der Waals surface area contributed by atoms with Crippen molar-refractivity contribution in [1.82, 2.24) is 43.7 Å². The third kappa shape index (κ3) is 6.76. The summed E-state index contributed by atoms with van der Waals surface area (Å²) in [6.45, 7) is 1.39. The Morgan fingerprint density at radius 2 is 1.89 bits per heavy atom. The first-order valence-electron chi connectivity index (χ1n) is 18.6. The van der Waals surface area contributed by atoms with E-state index < -0.39 is 36.1 Å². The molecule has 6 heterocycles. The van der Waals surface area contributed by atoms with E-state index in [1.807, 2.05) is 18.0 Å². The van der Waals surface area contributed by atoms with Crippen molar-refractivity contribution in [3.63, 3.8) is 0 Å². The molecule has 3 atom stereocenters. The summed E-state index contributed by atoms with van der Waals surface area (Å²) in [6, 6.07) is 5.87. The molecule has 1 saturated carbocycles. The number of aromatic nitrogens is 7. The largest absolute Gasteiger partial charge is 0.367 e.